The highest BCUT2D eigenvalue weighted by Gasteiger charge is 2.33. The Hall–Kier alpha value is -1.50. The van der Waals surface area contributed by atoms with Gasteiger partial charge in [0, 0.05) is 12.0 Å². The van der Waals surface area contributed by atoms with Gasteiger partial charge in [0.25, 0.3) is 5.91 Å². The van der Waals surface area contributed by atoms with Crippen LogP contribution in [-0.4, -0.2) is 44.6 Å². The standard InChI is InChI=1S/C13H19N3O3S/c1-13(2,3)11-10(20-15-14-11)12(19)16(7-9(17)18)6-8-4-5-8/h8H,4-7H2,1-3H3,(H,17,18). The van der Waals surface area contributed by atoms with E-state index in [0.717, 1.165) is 24.4 Å². The van der Waals surface area contributed by atoms with Crippen molar-refractivity contribution in [1.82, 2.24) is 14.5 Å². The first-order valence-electron chi connectivity index (χ1n) is 6.63. The van der Waals surface area contributed by atoms with Crippen molar-refractivity contribution in [1.29, 1.82) is 0 Å². The van der Waals surface area contributed by atoms with E-state index in [1.165, 1.54) is 4.90 Å². The fourth-order valence-electron chi connectivity index (χ4n) is 1.96. The Kier molecular flexibility index (Phi) is 4.08. The van der Waals surface area contributed by atoms with Crippen molar-refractivity contribution in [3.8, 4) is 0 Å². The van der Waals surface area contributed by atoms with Crippen molar-refractivity contribution in [2.24, 2.45) is 5.92 Å². The van der Waals surface area contributed by atoms with E-state index >= 15 is 0 Å². The largest absolute Gasteiger partial charge is 0.480 e. The molecule has 1 heterocycles. The SMILES string of the molecule is CC(C)(C)c1nnsc1C(=O)N(CC(=O)O)CC1CC1. The summed E-state index contributed by atoms with van der Waals surface area (Å²) in [7, 11) is 0. The summed E-state index contributed by atoms with van der Waals surface area (Å²) < 4.78 is 3.86. The van der Waals surface area contributed by atoms with Gasteiger partial charge >= 0.3 is 5.97 Å². The molecule has 20 heavy (non-hydrogen) atoms. The highest BCUT2D eigenvalue weighted by atomic mass is 32.1. The smallest absolute Gasteiger partial charge is 0.323 e. The summed E-state index contributed by atoms with van der Waals surface area (Å²) in [5.41, 5.74) is 0.352. The monoisotopic (exact) mass is 297 g/mol. The Bertz CT molecular complexity index is 517. The zero-order chi connectivity index (χ0) is 14.9. The third-order valence-corrected chi connectivity index (χ3v) is 3.90. The lowest BCUT2D eigenvalue weighted by Crippen LogP contribution is -2.37. The molecule has 0 saturated heterocycles. The second kappa shape index (κ2) is 5.47. The van der Waals surface area contributed by atoms with Crippen LogP contribution in [0.3, 0.4) is 0 Å². The van der Waals surface area contributed by atoms with Crippen molar-refractivity contribution in [2.75, 3.05) is 13.1 Å². The van der Waals surface area contributed by atoms with Gasteiger partial charge in [0.1, 0.15) is 11.4 Å². The molecule has 1 aliphatic rings. The zero-order valence-corrected chi connectivity index (χ0v) is 12.7. The van der Waals surface area contributed by atoms with Gasteiger partial charge in [0.2, 0.25) is 0 Å². The van der Waals surface area contributed by atoms with Gasteiger partial charge in [0.05, 0.1) is 5.69 Å². The molecule has 0 atom stereocenters. The Balaban J connectivity index is 2.22. The number of carboxylic acids is 1. The predicted molar refractivity (Wildman–Crippen MR) is 74.9 cm³/mol. The molecule has 1 aromatic rings. The Morgan fingerprint density at radius 2 is 2.05 bits per heavy atom. The van der Waals surface area contributed by atoms with E-state index < -0.39 is 5.97 Å². The van der Waals surface area contributed by atoms with Crippen LogP contribution in [0.2, 0.25) is 0 Å². The number of carbonyl (C=O) groups excluding carboxylic acids is 1. The van der Waals surface area contributed by atoms with Gasteiger partial charge in [-0.3, -0.25) is 9.59 Å². The number of amides is 1. The number of aliphatic carboxylic acids is 1. The fourth-order valence-corrected chi connectivity index (χ4v) is 2.80. The van der Waals surface area contributed by atoms with Crippen LogP contribution in [-0.2, 0) is 10.2 Å². The predicted octanol–water partition coefficient (Wildman–Crippen LogP) is 1.77. The molecule has 0 spiro atoms. The normalized spacial score (nSPS) is 15.2. The molecule has 1 fully saturated rings. The number of aromatic nitrogens is 2. The van der Waals surface area contributed by atoms with Gasteiger partial charge in [-0.05, 0) is 30.3 Å². The van der Waals surface area contributed by atoms with Crippen LogP contribution in [0.1, 0.15) is 49.0 Å². The molecule has 1 aliphatic carbocycles. The van der Waals surface area contributed by atoms with Crippen LogP contribution in [0.25, 0.3) is 0 Å². The molecule has 1 N–H and O–H groups in total. The number of carbonyl (C=O) groups is 2. The summed E-state index contributed by atoms with van der Waals surface area (Å²) >= 11 is 1.04. The summed E-state index contributed by atoms with van der Waals surface area (Å²) in [6.07, 6.45) is 2.13. The van der Waals surface area contributed by atoms with Crippen molar-refractivity contribution >= 4 is 23.4 Å². The van der Waals surface area contributed by atoms with Gasteiger partial charge in [-0.15, -0.1) is 5.10 Å². The first kappa shape index (κ1) is 14.9. The maximum absolute atomic E-state index is 12.6. The van der Waals surface area contributed by atoms with Crippen molar-refractivity contribution in [3.05, 3.63) is 10.6 Å². The van der Waals surface area contributed by atoms with Crippen LogP contribution < -0.4 is 0 Å². The van der Waals surface area contributed by atoms with E-state index in [0.29, 0.717) is 23.0 Å². The lowest BCUT2D eigenvalue weighted by atomic mass is 9.91. The number of hydrogen-bond donors (Lipinski definition) is 1. The minimum Gasteiger partial charge on any atom is -0.480 e. The van der Waals surface area contributed by atoms with E-state index in [4.69, 9.17) is 5.11 Å². The molecule has 6 nitrogen and oxygen atoms in total. The Morgan fingerprint density at radius 3 is 2.55 bits per heavy atom. The third kappa shape index (κ3) is 3.53. The van der Waals surface area contributed by atoms with E-state index in [1.807, 2.05) is 20.8 Å². The molecule has 0 aromatic carbocycles. The van der Waals surface area contributed by atoms with E-state index in [2.05, 4.69) is 9.59 Å². The molecule has 0 radical (unpaired) electrons. The van der Waals surface area contributed by atoms with E-state index in [9.17, 15) is 9.59 Å². The lowest BCUT2D eigenvalue weighted by molar-refractivity contribution is -0.137. The van der Waals surface area contributed by atoms with Crippen LogP contribution in [0.5, 0.6) is 0 Å². The summed E-state index contributed by atoms with van der Waals surface area (Å²) in [4.78, 5) is 25.4. The summed E-state index contributed by atoms with van der Waals surface area (Å²) in [5, 5.41) is 13.0. The lowest BCUT2D eigenvalue weighted by Gasteiger charge is -2.22. The fraction of sp³-hybridized carbons (Fsp3) is 0.692. The second-order valence-corrected chi connectivity index (χ2v) is 6.98. The zero-order valence-electron chi connectivity index (χ0n) is 11.9. The van der Waals surface area contributed by atoms with Crippen LogP contribution in [0, 0.1) is 5.92 Å². The second-order valence-electron chi connectivity index (χ2n) is 6.22. The van der Waals surface area contributed by atoms with Gasteiger partial charge in [-0.25, -0.2) is 0 Å². The molecule has 1 aromatic heterocycles. The molecule has 0 aliphatic heterocycles. The first-order chi connectivity index (χ1) is 9.29. The molecule has 1 amide bonds. The minimum absolute atomic E-state index is 0.265. The van der Waals surface area contributed by atoms with Crippen molar-refractivity contribution in [3.63, 3.8) is 0 Å². The quantitative estimate of drug-likeness (QED) is 0.895. The van der Waals surface area contributed by atoms with Crippen molar-refractivity contribution < 1.29 is 14.7 Å². The molecule has 2 rings (SSSR count). The Morgan fingerprint density at radius 1 is 1.40 bits per heavy atom. The average Bonchev–Trinajstić information content (AvgIpc) is 2.98. The summed E-state index contributed by atoms with van der Waals surface area (Å²) in [6.45, 7) is 6.12. The minimum atomic E-state index is -0.992. The molecular weight excluding hydrogens is 278 g/mol. The molecular formula is C13H19N3O3S. The molecule has 110 valence electrons. The van der Waals surface area contributed by atoms with Crippen molar-refractivity contribution in [2.45, 2.75) is 39.0 Å². The van der Waals surface area contributed by atoms with Gasteiger partial charge < -0.3 is 10.0 Å². The highest BCUT2D eigenvalue weighted by Crippen LogP contribution is 2.31. The average molecular weight is 297 g/mol. The van der Waals surface area contributed by atoms with Crippen LogP contribution >= 0.6 is 11.5 Å². The van der Waals surface area contributed by atoms with Crippen LogP contribution in [0.4, 0.5) is 0 Å². The maximum atomic E-state index is 12.6. The number of rotatable bonds is 5. The first-order valence-corrected chi connectivity index (χ1v) is 7.40. The molecule has 1 saturated carbocycles. The number of hydrogen-bond acceptors (Lipinski definition) is 5. The van der Waals surface area contributed by atoms with E-state index in [1.54, 1.807) is 0 Å². The third-order valence-electron chi connectivity index (χ3n) is 3.18. The van der Waals surface area contributed by atoms with Gasteiger partial charge in [-0.2, -0.15) is 0 Å². The van der Waals surface area contributed by atoms with Gasteiger partial charge in [-0.1, -0.05) is 25.3 Å². The summed E-state index contributed by atoms with van der Waals surface area (Å²) in [5.74, 6) is -0.815. The highest BCUT2D eigenvalue weighted by molar-refractivity contribution is 7.08. The topological polar surface area (TPSA) is 83.4 Å². The Labute approximate surface area is 122 Å². The number of nitrogens with zero attached hydrogens (tertiary/aromatic N) is 3. The molecule has 0 unspecified atom stereocenters. The van der Waals surface area contributed by atoms with Crippen LogP contribution in [0.15, 0.2) is 0 Å². The molecule has 7 heteroatoms. The van der Waals surface area contributed by atoms with Gasteiger partial charge in [0.15, 0.2) is 0 Å². The number of carboxylic acid groups (broad SMARTS) is 1. The molecule has 0 bridgehead atoms. The van der Waals surface area contributed by atoms with E-state index in [-0.39, 0.29) is 17.9 Å². The maximum Gasteiger partial charge on any atom is 0.323 e. The summed E-state index contributed by atoms with van der Waals surface area (Å²) in [6, 6.07) is 0.